The molecule has 0 spiro atoms. The molecule has 0 saturated carbocycles. The maximum atomic E-state index is 4.88. The summed E-state index contributed by atoms with van der Waals surface area (Å²) in [7, 11) is 0. The fourth-order valence-corrected chi connectivity index (χ4v) is 2.34. The molecule has 0 rings (SSSR count). The first-order valence-corrected chi connectivity index (χ1v) is 8.22. The molecule has 0 amide bonds. The Kier molecular flexibility index (Phi) is 11.5. The summed E-state index contributed by atoms with van der Waals surface area (Å²) in [5.41, 5.74) is 0.220. The minimum Gasteiger partial charge on any atom is -0.291 e. The molecule has 0 aromatic carbocycles. The smallest absolute Gasteiger partial charge is 0.0576 e. The lowest BCUT2D eigenvalue weighted by Crippen LogP contribution is -2.22. The third-order valence-electron chi connectivity index (χ3n) is 3.71. The maximum Gasteiger partial charge on any atom is 0.0576 e. The predicted molar refractivity (Wildman–Crippen MR) is 84.7 cm³/mol. The highest BCUT2D eigenvalue weighted by atomic mass is 14.8. The molecule has 0 N–H and O–H groups in total. The molecule has 108 valence electrons. The van der Waals surface area contributed by atoms with Crippen LogP contribution in [0.1, 0.15) is 98.3 Å². The quantitative estimate of drug-likeness (QED) is 0.291. The minimum atomic E-state index is 0.220. The van der Waals surface area contributed by atoms with Crippen LogP contribution in [-0.2, 0) is 0 Å². The van der Waals surface area contributed by atoms with E-state index in [4.69, 9.17) is 4.99 Å². The molecule has 1 nitrogen and oxygen atoms in total. The van der Waals surface area contributed by atoms with Gasteiger partial charge in [-0.3, -0.25) is 4.99 Å². The third-order valence-corrected chi connectivity index (χ3v) is 3.71. The molecule has 0 saturated heterocycles. The molecule has 0 fully saturated rings. The van der Waals surface area contributed by atoms with Crippen LogP contribution >= 0.6 is 0 Å². The van der Waals surface area contributed by atoms with Crippen LogP contribution in [0.2, 0.25) is 0 Å². The van der Waals surface area contributed by atoms with Crippen LogP contribution < -0.4 is 0 Å². The van der Waals surface area contributed by atoms with Gasteiger partial charge in [-0.05, 0) is 32.4 Å². The van der Waals surface area contributed by atoms with Crippen LogP contribution in [0.5, 0.6) is 0 Å². The molecule has 0 aliphatic rings. The summed E-state index contributed by atoms with van der Waals surface area (Å²) in [6.07, 6.45) is 16.5. The maximum absolute atomic E-state index is 4.88. The third kappa shape index (κ3) is 9.67. The van der Waals surface area contributed by atoms with E-state index >= 15 is 0 Å². The van der Waals surface area contributed by atoms with E-state index in [9.17, 15) is 0 Å². The van der Waals surface area contributed by atoms with Gasteiger partial charge in [-0.15, -0.1) is 0 Å². The average molecular weight is 253 g/mol. The molecule has 1 unspecified atom stereocenters. The Bertz CT molecular complexity index is 198. The molecule has 0 aliphatic heterocycles. The normalized spacial score (nSPS) is 15.1. The molecule has 0 bridgehead atoms. The second kappa shape index (κ2) is 11.7. The Morgan fingerprint density at radius 1 is 0.778 bits per heavy atom. The number of aliphatic imine (C=N–C) groups is 1. The van der Waals surface area contributed by atoms with Crippen molar-refractivity contribution in [1.29, 1.82) is 0 Å². The van der Waals surface area contributed by atoms with Gasteiger partial charge in [0.2, 0.25) is 0 Å². The topological polar surface area (TPSA) is 12.4 Å². The van der Waals surface area contributed by atoms with Gasteiger partial charge in [0.15, 0.2) is 0 Å². The highest BCUT2D eigenvalue weighted by molar-refractivity contribution is 5.57. The standard InChI is InChI=1S/C17H35N/c1-5-8-11-12-13-15-17(4,14-9-6-2)18-16-10-7-3/h16H,5-15H2,1-4H3/b18-16-. The Labute approximate surface area is 115 Å². The van der Waals surface area contributed by atoms with E-state index in [0.717, 1.165) is 6.42 Å². The first-order valence-electron chi connectivity index (χ1n) is 8.22. The monoisotopic (exact) mass is 253 g/mol. The van der Waals surface area contributed by atoms with Crippen molar-refractivity contribution in [2.45, 2.75) is 104 Å². The summed E-state index contributed by atoms with van der Waals surface area (Å²) in [6.45, 7) is 9.13. The lowest BCUT2D eigenvalue weighted by molar-refractivity contribution is 0.373. The molecule has 0 radical (unpaired) electrons. The number of hydrogen-bond donors (Lipinski definition) is 0. The highest BCUT2D eigenvalue weighted by Crippen LogP contribution is 2.26. The van der Waals surface area contributed by atoms with Crippen LogP contribution in [0, 0.1) is 0 Å². The summed E-state index contributed by atoms with van der Waals surface area (Å²) >= 11 is 0. The molecular weight excluding hydrogens is 218 g/mol. The van der Waals surface area contributed by atoms with E-state index in [2.05, 4.69) is 33.9 Å². The van der Waals surface area contributed by atoms with Crippen molar-refractivity contribution >= 4 is 6.21 Å². The van der Waals surface area contributed by atoms with Gasteiger partial charge in [0.05, 0.1) is 5.54 Å². The number of hydrogen-bond acceptors (Lipinski definition) is 1. The lowest BCUT2D eigenvalue weighted by atomic mass is 9.89. The molecule has 0 heterocycles. The summed E-state index contributed by atoms with van der Waals surface area (Å²) in [5.74, 6) is 0. The molecule has 0 aliphatic carbocycles. The molecule has 18 heavy (non-hydrogen) atoms. The summed E-state index contributed by atoms with van der Waals surface area (Å²) in [4.78, 5) is 4.88. The number of rotatable bonds is 12. The molecule has 1 atom stereocenters. The van der Waals surface area contributed by atoms with Crippen LogP contribution in [0.3, 0.4) is 0 Å². The summed E-state index contributed by atoms with van der Waals surface area (Å²) < 4.78 is 0. The number of nitrogens with zero attached hydrogens (tertiary/aromatic N) is 1. The van der Waals surface area contributed by atoms with E-state index in [1.165, 1.54) is 64.2 Å². The Morgan fingerprint density at radius 2 is 1.39 bits per heavy atom. The Morgan fingerprint density at radius 3 is 2.00 bits per heavy atom. The van der Waals surface area contributed by atoms with E-state index in [1.807, 2.05) is 0 Å². The Balaban J connectivity index is 4.03. The van der Waals surface area contributed by atoms with E-state index in [0.29, 0.717) is 0 Å². The second-order valence-electron chi connectivity index (χ2n) is 5.87. The predicted octanol–water partition coefficient (Wildman–Crippen LogP) is 6.17. The zero-order chi connectivity index (χ0) is 13.7. The average Bonchev–Trinajstić information content (AvgIpc) is 2.37. The van der Waals surface area contributed by atoms with Gasteiger partial charge in [0, 0.05) is 0 Å². The van der Waals surface area contributed by atoms with Crippen LogP contribution in [0.25, 0.3) is 0 Å². The SMILES string of the molecule is CCC/C=N\C(C)(CCCC)CCCCCCC. The van der Waals surface area contributed by atoms with Crippen LogP contribution in [0.4, 0.5) is 0 Å². The fourth-order valence-electron chi connectivity index (χ4n) is 2.34. The highest BCUT2D eigenvalue weighted by Gasteiger charge is 2.20. The van der Waals surface area contributed by atoms with Crippen LogP contribution in [0.15, 0.2) is 4.99 Å². The van der Waals surface area contributed by atoms with Crippen molar-refractivity contribution in [3.8, 4) is 0 Å². The molecule has 0 aromatic heterocycles. The van der Waals surface area contributed by atoms with Gasteiger partial charge >= 0.3 is 0 Å². The van der Waals surface area contributed by atoms with Gasteiger partial charge in [0.25, 0.3) is 0 Å². The summed E-state index contributed by atoms with van der Waals surface area (Å²) in [5, 5.41) is 0. The first-order chi connectivity index (χ1) is 8.68. The van der Waals surface area contributed by atoms with Crippen LogP contribution in [-0.4, -0.2) is 11.8 Å². The van der Waals surface area contributed by atoms with E-state index < -0.39 is 0 Å². The zero-order valence-electron chi connectivity index (χ0n) is 13.3. The van der Waals surface area contributed by atoms with Crippen molar-refractivity contribution in [2.75, 3.05) is 0 Å². The second-order valence-corrected chi connectivity index (χ2v) is 5.87. The fraction of sp³-hybridized carbons (Fsp3) is 0.941. The van der Waals surface area contributed by atoms with Gasteiger partial charge in [0.1, 0.15) is 0 Å². The van der Waals surface area contributed by atoms with Crippen molar-refractivity contribution in [3.63, 3.8) is 0 Å². The van der Waals surface area contributed by atoms with Gasteiger partial charge in [-0.25, -0.2) is 0 Å². The molecule has 1 heteroatoms. The van der Waals surface area contributed by atoms with Gasteiger partial charge < -0.3 is 0 Å². The lowest BCUT2D eigenvalue weighted by Gasteiger charge is -2.25. The summed E-state index contributed by atoms with van der Waals surface area (Å²) in [6, 6.07) is 0. The molecular formula is C17H35N. The van der Waals surface area contributed by atoms with E-state index in [1.54, 1.807) is 0 Å². The van der Waals surface area contributed by atoms with Crippen molar-refractivity contribution in [2.24, 2.45) is 4.99 Å². The number of unbranched alkanes of at least 4 members (excludes halogenated alkanes) is 6. The van der Waals surface area contributed by atoms with E-state index in [-0.39, 0.29) is 5.54 Å². The minimum absolute atomic E-state index is 0.220. The van der Waals surface area contributed by atoms with Crippen molar-refractivity contribution in [1.82, 2.24) is 0 Å². The first kappa shape index (κ1) is 17.7. The van der Waals surface area contributed by atoms with Gasteiger partial charge in [-0.2, -0.15) is 0 Å². The Hall–Kier alpha value is -0.330. The zero-order valence-corrected chi connectivity index (χ0v) is 13.3. The molecule has 0 aromatic rings. The van der Waals surface area contributed by atoms with Crippen molar-refractivity contribution < 1.29 is 0 Å². The van der Waals surface area contributed by atoms with Crippen molar-refractivity contribution in [3.05, 3.63) is 0 Å². The largest absolute Gasteiger partial charge is 0.291 e. The van der Waals surface area contributed by atoms with Gasteiger partial charge in [-0.1, -0.05) is 72.1 Å².